The molecule has 1 unspecified atom stereocenters. The summed E-state index contributed by atoms with van der Waals surface area (Å²) < 4.78 is 11.2. The van der Waals surface area contributed by atoms with Crippen molar-refractivity contribution < 1.29 is 34.7 Å². The van der Waals surface area contributed by atoms with Crippen LogP contribution in [-0.4, -0.2) is 63.6 Å². The van der Waals surface area contributed by atoms with Crippen molar-refractivity contribution in [1.82, 2.24) is 5.32 Å². The van der Waals surface area contributed by atoms with Gasteiger partial charge in [-0.25, -0.2) is 0 Å². The maximum absolute atomic E-state index is 11.9. The number of hydrogen-bond acceptors (Lipinski definition) is 7. The molecule has 1 amide bonds. The van der Waals surface area contributed by atoms with E-state index in [1.54, 1.807) is 12.1 Å². The lowest BCUT2D eigenvalue weighted by Gasteiger charge is -2.42. The first kappa shape index (κ1) is 19.6. The number of carbonyl (C=O) groups is 1. The van der Waals surface area contributed by atoms with E-state index in [4.69, 9.17) is 9.47 Å². The molecule has 0 aromatic heterocycles. The topological polar surface area (TPSA) is 128 Å². The summed E-state index contributed by atoms with van der Waals surface area (Å²) >= 11 is 0. The van der Waals surface area contributed by atoms with Crippen LogP contribution in [0.4, 0.5) is 0 Å². The van der Waals surface area contributed by atoms with Crippen molar-refractivity contribution in [2.45, 2.75) is 57.0 Å². The monoisotopic (exact) mass is 355 g/mol. The number of phenols is 1. The Balaban J connectivity index is 2.07. The van der Waals surface area contributed by atoms with Gasteiger partial charge in [0.05, 0.1) is 13.2 Å². The number of amides is 1. The number of phenolic OH excluding ortho intramolecular Hbond substituents is 1. The molecule has 0 saturated carbocycles. The molecule has 1 fully saturated rings. The van der Waals surface area contributed by atoms with Crippen molar-refractivity contribution in [2.24, 2.45) is 0 Å². The van der Waals surface area contributed by atoms with Gasteiger partial charge in [0.1, 0.15) is 30.1 Å². The van der Waals surface area contributed by atoms with Gasteiger partial charge < -0.3 is 35.2 Å². The van der Waals surface area contributed by atoms with Gasteiger partial charge in [-0.3, -0.25) is 4.79 Å². The van der Waals surface area contributed by atoms with Crippen LogP contribution >= 0.6 is 0 Å². The van der Waals surface area contributed by atoms with E-state index in [1.165, 1.54) is 12.1 Å². The lowest BCUT2D eigenvalue weighted by molar-refractivity contribution is -0.273. The highest BCUT2D eigenvalue weighted by molar-refractivity contribution is 5.76. The van der Waals surface area contributed by atoms with E-state index in [-0.39, 0.29) is 24.7 Å². The largest absolute Gasteiger partial charge is 0.508 e. The minimum Gasteiger partial charge on any atom is -0.508 e. The zero-order chi connectivity index (χ0) is 18.4. The van der Waals surface area contributed by atoms with Gasteiger partial charge in [-0.1, -0.05) is 19.1 Å². The molecule has 1 heterocycles. The van der Waals surface area contributed by atoms with Crippen molar-refractivity contribution in [1.29, 1.82) is 0 Å². The highest BCUT2D eigenvalue weighted by Crippen LogP contribution is 2.23. The lowest BCUT2D eigenvalue weighted by Crippen LogP contribution is -2.64. The molecule has 1 aromatic carbocycles. The van der Waals surface area contributed by atoms with Gasteiger partial charge in [0, 0.05) is 6.42 Å². The molecule has 8 nitrogen and oxygen atoms in total. The number of hydrogen-bond donors (Lipinski definition) is 5. The molecule has 5 atom stereocenters. The lowest BCUT2D eigenvalue weighted by atomic mass is 9.96. The fourth-order valence-electron chi connectivity index (χ4n) is 2.63. The summed E-state index contributed by atoms with van der Waals surface area (Å²) in [6.07, 6.45) is -3.82. The molecular weight excluding hydrogens is 330 g/mol. The highest BCUT2D eigenvalue weighted by Gasteiger charge is 2.45. The normalized spacial score (nSPS) is 29.4. The van der Waals surface area contributed by atoms with E-state index in [9.17, 15) is 25.2 Å². The first-order chi connectivity index (χ1) is 12.0. The molecule has 1 aromatic rings. The maximum atomic E-state index is 11.9. The second-order valence-electron chi connectivity index (χ2n) is 6.03. The van der Waals surface area contributed by atoms with Gasteiger partial charge in [0.2, 0.25) is 5.91 Å². The van der Waals surface area contributed by atoms with E-state index in [2.05, 4.69) is 5.32 Å². The van der Waals surface area contributed by atoms with Crippen LogP contribution in [0, 0.1) is 0 Å². The Bertz CT molecular complexity index is 550. The fraction of sp³-hybridized carbons (Fsp3) is 0.588. The minimum atomic E-state index is -1.34. The Hall–Kier alpha value is -1.71. The molecule has 1 saturated heterocycles. The van der Waals surface area contributed by atoms with Crippen LogP contribution in [0.1, 0.15) is 25.3 Å². The number of carbonyl (C=O) groups excluding carboxylic acids is 1. The Morgan fingerprint density at radius 1 is 1.24 bits per heavy atom. The van der Waals surface area contributed by atoms with E-state index in [0.29, 0.717) is 6.42 Å². The highest BCUT2D eigenvalue weighted by atomic mass is 16.7. The fourth-order valence-corrected chi connectivity index (χ4v) is 2.63. The molecule has 0 aliphatic carbocycles. The van der Waals surface area contributed by atoms with Gasteiger partial charge in [0.15, 0.2) is 6.29 Å². The third-order valence-electron chi connectivity index (χ3n) is 4.04. The molecular formula is C17H25NO7. The van der Waals surface area contributed by atoms with Crippen LogP contribution in [0.25, 0.3) is 0 Å². The quantitative estimate of drug-likeness (QED) is 0.451. The van der Waals surface area contributed by atoms with Crippen LogP contribution in [-0.2, 0) is 20.9 Å². The minimum absolute atomic E-state index is 0.103. The van der Waals surface area contributed by atoms with Crippen LogP contribution in [0.5, 0.6) is 5.75 Å². The summed E-state index contributed by atoms with van der Waals surface area (Å²) in [6, 6.07) is 5.38. The summed E-state index contributed by atoms with van der Waals surface area (Å²) in [4.78, 5) is 11.9. The average Bonchev–Trinajstić information content (AvgIpc) is 2.60. The van der Waals surface area contributed by atoms with Crippen molar-refractivity contribution >= 4 is 5.91 Å². The number of aliphatic hydroxyl groups excluding tert-OH is 3. The Morgan fingerprint density at radius 2 is 1.92 bits per heavy atom. The number of rotatable bonds is 7. The van der Waals surface area contributed by atoms with Crippen molar-refractivity contribution in [3.05, 3.63) is 29.8 Å². The van der Waals surface area contributed by atoms with Crippen LogP contribution < -0.4 is 5.32 Å². The van der Waals surface area contributed by atoms with Crippen molar-refractivity contribution in [2.75, 3.05) is 6.61 Å². The Labute approximate surface area is 146 Å². The molecule has 1 aliphatic heterocycles. The predicted molar refractivity (Wildman–Crippen MR) is 87.5 cm³/mol. The Morgan fingerprint density at radius 3 is 2.52 bits per heavy atom. The third-order valence-corrected chi connectivity index (χ3v) is 4.04. The third kappa shape index (κ3) is 5.13. The zero-order valence-corrected chi connectivity index (χ0v) is 14.0. The van der Waals surface area contributed by atoms with Gasteiger partial charge in [0.25, 0.3) is 0 Å². The second-order valence-corrected chi connectivity index (χ2v) is 6.03. The maximum Gasteiger partial charge on any atom is 0.220 e. The number of aromatic hydroxyl groups is 1. The van der Waals surface area contributed by atoms with Crippen molar-refractivity contribution in [3.63, 3.8) is 0 Å². The van der Waals surface area contributed by atoms with E-state index >= 15 is 0 Å². The molecule has 140 valence electrons. The van der Waals surface area contributed by atoms with E-state index in [0.717, 1.165) is 5.56 Å². The number of nitrogens with one attached hydrogen (secondary N) is 1. The standard InChI is InChI=1S/C17H25NO7/c1-2-3-13(21)18-14-16(23)15(22)12(8-19)25-17(14)24-9-10-4-6-11(20)7-5-10/h4-7,12,14-17,19-20,22-23H,2-3,8-9H2,1H3,(H,18,21)/t12-,14-,15-,16-,17?/m1/s1. The number of benzene rings is 1. The summed E-state index contributed by atoms with van der Waals surface area (Å²) in [7, 11) is 0. The predicted octanol–water partition coefficient (Wildman–Crippen LogP) is -0.367. The first-order valence-electron chi connectivity index (χ1n) is 8.27. The van der Waals surface area contributed by atoms with Crippen LogP contribution in [0.3, 0.4) is 0 Å². The van der Waals surface area contributed by atoms with Crippen LogP contribution in [0.2, 0.25) is 0 Å². The smallest absolute Gasteiger partial charge is 0.220 e. The summed E-state index contributed by atoms with van der Waals surface area (Å²) in [5, 5.41) is 41.5. The van der Waals surface area contributed by atoms with E-state index < -0.39 is 37.3 Å². The summed E-state index contributed by atoms with van der Waals surface area (Å²) in [5.41, 5.74) is 0.751. The molecule has 0 spiro atoms. The van der Waals surface area contributed by atoms with Crippen LogP contribution in [0.15, 0.2) is 24.3 Å². The summed E-state index contributed by atoms with van der Waals surface area (Å²) in [5.74, 6) is -0.163. The molecule has 1 aliphatic rings. The molecule has 0 radical (unpaired) electrons. The number of aliphatic hydroxyl groups is 3. The van der Waals surface area contributed by atoms with E-state index in [1.807, 2.05) is 6.92 Å². The van der Waals surface area contributed by atoms with Crippen molar-refractivity contribution in [3.8, 4) is 5.75 Å². The second kappa shape index (κ2) is 9.12. The molecule has 8 heteroatoms. The average molecular weight is 355 g/mol. The van der Waals surface area contributed by atoms with Gasteiger partial charge in [-0.05, 0) is 24.1 Å². The number of ether oxygens (including phenoxy) is 2. The van der Waals surface area contributed by atoms with Gasteiger partial charge in [-0.15, -0.1) is 0 Å². The zero-order valence-electron chi connectivity index (χ0n) is 14.0. The molecule has 25 heavy (non-hydrogen) atoms. The molecule has 0 bridgehead atoms. The van der Waals surface area contributed by atoms with Gasteiger partial charge >= 0.3 is 0 Å². The molecule has 5 N–H and O–H groups in total. The molecule has 2 rings (SSSR count). The Kier molecular flexibility index (Phi) is 7.15. The first-order valence-corrected chi connectivity index (χ1v) is 8.27. The van der Waals surface area contributed by atoms with Gasteiger partial charge in [-0.2, -0.15) is 0 Å². The SMILES string of the molecule is CCCC(=O)N[C@H]1C(OCc2ccc(O)cc2)O[C@H](CO)[C@@H](O)[C@@H]1O. The summed E-state index contributed by atoms with van der Waals surface area (Å²) in [6.45, 7) is 1.46.